The van der Waals surface area contributed by atoms with Crippen LogP contribution in [0.3, 0.4) is 0 Å². The summed E-state index contributed by atoms with van der Waals surface area (Å²) in [6, 6.07) is 7.57. The molecule has 1 aliphatic heterocycles. The molecular formula is C11H11ClO3. The van der Waals surface area contributed by atoms with Crippen LogP contribution >= 0.6 is 11.6 Å². The molecule has 0 N–H and O–H groups in total. The van der Waals surface area contributed by atoms with Crippen molar-refractivity contribution >= 4 is 11.6 Å². The van der Waals surface area contributed by atoms with Gasteiger partial charge in [-0.3, -0.25) is 0 Å². The molecule has 0 bridgehead atoms. The zero-order valence-corrected chi connectivity index (χ0v) is 8.81. The smallest absolute Gasteiger partial charge is 0.266 e. The Hall–Kier alpha value is -1.35. The Bertz CT molecular complexity index is 343. The van der Waals surface area contributed by atoms with E-state index in [9.17, 15) is 0 Å². The SMILES string of the molecule is ClCCOc1cccc(C2OC=CO2)c1. The maximum absolute atomic E-state index is 5.53. The molecule has 0 spiro atoms. The van der Waals surface area contributed by atoms with Gasteiger partial charge in [-0.25, -0.2) is 0 Å². The molecule has 1 aliphatic rings. The van der Waals surface area contributed by atoms with Gasteiger partial charge in [-0.05, 0) is 12.1 Å². The number of rotatable bonds is 4. The molecule has 0 amide bonds. The molecule has 15 heavy (non-hydrogen) atoms. The van der Waals surface area contributed by atoms with Crippen LogP contribution in [0, 0.1) is 0 Å². The van der Waals surface area contributed by atoms with E-state index in [0.29, 0.717) is 12.5 Å². The molecule has 2 rings (SSSR count). The van der Waals surface area contributed by atoms with E-state index in [1.807, 2.05) is 24.3 Å². The molecule has 1 heterocycles. The van der Waals surface area contributed by atoms with Crippen LogP contribution in [-0.4, -0.2) is 12.5 Å². The van der Waals surface area contributed by atoms with Crippen LogP contribution in [0.4, 0.5) is 0 Å². The van der Waals surface area contributed by atoms with Crippen molar-refractivity contribution in [2.75, 3.05) is 12.5 Å². The molecule has 0 saturated carbocycles. The van der Waals surface area contributed by atoms with E-state index in [0.717, 1.165) is 11.3 Å². The third kappa shape index (κ3) is 2.57. The average Bonchev–Trinajstić information content (AvgIpc) is 2.80. The highest BCUT2D eigenvalue weighted by Gasteiger charge is 2.15. The second kappa shape index (κ2) is 4.94. The van der Waals surface area contributed by atoms with Gasteiger partial charge < -0.3 is 14.2 Å². The van der Waals surface area contributed by atoms with Crippen LogP contribution in [0.1, 0.15) is 11.9 Å². The lowest BCUT2D eigenvalue weighted by molar-refractivity contribution is -0.0247. The number of hydrogen-bond donors (Lipinski definition) is 0. The second-order valence-electron chi connectivity index (χ2n) is 2.99. The maximum atomic E-state index is 5.53. The quantitative estimate of drug-likeness (QED) is 0.739. The number of ether oxygens (including phenoxy) is 3. The summed E-state index contributed by atoms with van der Waals surface area (Å²) in [6.07, 6.45) is 2.69. The minimum atomic E-state index is -0.357. The number of hydrogen-bond acceptors (Lipinski definition) is 3. The summed E-state index contributed by atoms with van der Waals surface area (Å²) >= 11 is 5.53. The normalized spacial score (nSPS) is 14.7. The van der Waals surface area contributed by atoms with Gasteiger partial charge >= 0.3 is 0 Å². The zero-order chi connectivity index (χ0) is 10.5. The Kier molecular flexibility index (Phi) is 3.35. The van der Waals surface area contributed by atoms with Crippen molar-refractivity contribution in [1.82, 2.24) is 0 Å². The van der Waals surface area contributed by atoms with E-state index in [4.69, 9.17) is 25.8 Å². The second-order valence-corrected chi connectivity index (χ2v) is 3.36. The summed E-state index contributed by atoms with van der Waals surface area (Å²) in [5, 5.41) is 0. The summed E-state index contributed by atoms with van der Waals surface area (Å²) in [5.74, 6) is 1.25. The highest BCUT2D eigenvalue weighted by Crippen LogP contribution is 2.26. The third-order valence-electron chi connectivity index (χ3n) is 1.94. The molecule has 0 fully saturated rings. The Labute approximate surface area is 93.2 Å². The Morgan fingerprint density at radius 1 is 1.27 bits per heavy atom. The molecule has 0 aromatic heterocycles. The molecule has 0 atom stereocenters. The van der Waals surface area contributed by atoms with E-state index in [2.05, 4.69) is 0 Å². The van der Waals surface area contributed by atoms with Crippen molar-refractivity contribution in [2.24, 2.45) is 0 Å². The monoisotopic (exact) mass is 226 g/mol. The van der Waals surface area contributed by atoms with Gasteiger partial charge in [-0.2, -0.15) is 0 Å². The summed E-state index contributed by atoms with van der Waals surface area (Å²) in [5.41, 5.74) is 0.923. The summed E-state index contributed by atoms with van der Waals surface area (Å²) in [4.78, 5) is 0. The van der Waals surface area contributed by atoms with Crippen molar-refractivity contribution in [1.29, 1.82) is 0 Å². The molecular weight excluding hydrogens is 216 g/mol. The van der Waals surface area contributed by atoms with Crippen LogP contribution in [0.25, 0.3) is 0 Å². The van der Waals surface area contributed by atoms with Gasteiger partial charge in [-0.1, -0.05) is 12.1 Å². The van der Waals surface area contributed by atoms with Gasteiger partial charge in [0.05, 0.1) is 5.88 Å². The van der Waals surface area contributed by atoms with E-state index < -0.39 is 0 Å². The molecule has 80 valence electrons. The molecule has 0 unspecified atom stereocenters. The Balaban J connectivity index is 2.04. The minimum absolute atomic E-state index is 0.357. The van der Waals surface area contributed by atoms with Gasteiger partial charge in [0.2, 0.25) is 0 Å². The largest absolute Gasteiger partial charge is 0.492 e. The number of halogens is 1. The van der Waals surface area contributed by atoms with Crippen LogP contribution in [0.5, 0.6) is 5.75 Å². The number of benzene rings is 1. The molecule has 4 heteroatoms. The molecule has 0 radical (unpaired) electrons. The van der Waals surface area contributed by atoms with Gasteiger partial charge in [0.1, 0.15) is 24.9 Å². The fourth-order valence-electron chi connectivity index (χ4n) is 1.30. The molecule has 1 aromatic rings. The first-order valence-corrected chi connectivity index (χ1v) is 5.18. The third-order valence-corrected chi connectivity index (χ3v) is 2.09. The lowest BCUT2D eigenvalue weighted by Gasteiger charge is -2.11. The van der Waals surface area contributed by atoms with Gasteiger partial charge in [0.25, 0.3) is 6.29 Å². The molecule has 0 saturated heterocycles. The van der Waals surface area contributed by atoms with E-state index >= 15 is 0 Å². The standard InChI is InChI=1S/C11H11ClO3/c12-4-5-13-10-3-1-2-9(8-10)11-14-6-7-15-11/h1-3,6-8,11H,4-5H2. The predicted molar refractivity (Wildman–Crippen MR) is 56.7 cm³/mol. The van der Waals surface area contributed by atoms with E-state index in [1.54, 1.807) is 0 Å². The highest BCUT2D eigenvalue weighted by atomic mass is 35.5. The summed E-state index contributed by atoms with van der Waals surface area (Å²) in [7, 11) is 0. The van der Waals surface area contributed by atoms with Crippen molar-refractivity contribution in [3.05, 3.63) is 42.4 Å². The molecule has 3 nitrogen and oxygen atoms in total. The predicted octanol–water partition coefficient (Wildman–Crippen LogP) is 2.82. The summed E-state index contributed by atoms with van der Waals surface area (Å²) < 4.78 is 15.8. The van der Waals surface area contributed by atoms with Gasteiger partial charge in [-0.15, -0.1) is 11.6 Å². The molecule has 1 aromatic carbocycles. The zero-order valence-electron chi connectivity index (χ0n) is 8.06. The van der Waals surface area contributed by atoms with Crippen LogP contribution < -0.4 is 4.74 Å². The fourth-order valence-corrected chi connectivity index (χ4v) is 1.38. The Morgan fingerprint density at radius 3 is 2.80 bits per heavy atom. The van der Waals surface area contributed by atoms with Crippen molar-refractivity contribution < 1.29 is 14.2 Å². The highest BCUT2D eigenvalue weighted by molar-refractivity contribution is 6.17. The number of alkyl halides is 1. The topological polar surface area (TPSA) is 27.7 Å². The maximum Gasteiger partial charge on any atom is 0.266 e. The first-order chi connectivity index (χ1) is 7.40. The van der Waals surface area contributed by atoms with Crippen molar-refractivity contribution in [2.45, 2.75) is 6.29 Å². The van der Waals surface area contributed by atoms with E-state index in [1.165, 1.54) is 12.5 Å². The molecule has 0 aliphatic carbocycles. The van der Waals surface area contributed by atoms with Crippen LogP contribution in [-0.2, 0) is 9.47 Å². The average molecular weight is 227 g/mol. The lowest BCUT2D eigenvalue weighted by atomic mass is 10.2. The lowest BCUT2D eigenvalue weighted by Crippen LogP contribution is -2.01. The van der Waals surface area contributed by atoms with E-state index in [-0.39, 0.29) is 6.29 Å². The van der Waals surface area contributed by atoms with Crippen LogP contribution in [0.2, 0.25) is 0 Å². The fraction of sp³-hybridized carbons (Fsp3) is 0.273. The first kappa shape index (κ1) is 10.2. The Morgan fingerprint density at radius 2 is 2.07 bits per heavy atom. The van der Waals surface area contributed by atoms with Gasteiger partial charge in [0, 0.05) is 5.56 Å². The van der Waals surface area contributed by atoms with Crippen LogP contribution in [0.15, 0.2) is 36.8 Å². The van der Waals surface area contributed by atoms with Crippen molar-refractivity contribution in [3.63, 3.8) is 0 Å². The first-order valence-electron chi connectivity index (χ1n) is 4.65. The minimum Gasteiger partial charge on any atom is -0.492 e. The van der Waals surface area contributed by atoms with Crippen molar-refractivity contribution in [3.8, 4) is 5.75 Å². The van der Waals surface area contributed by atoms with Gasteiger partial charge in [0.15, 0.2) is 0 Å². The summed E-state index contributed by atoms with van der Waals surface area (Å²) in [6.45, 7) is 0.496.